The second-order valence-corrected chi connectivity index (χ2v) is 4.27. The van der Waals surface area contributed by atoms with E-state index in [9.17, 15) is 0 Å². The molecule has 0 atom stereocenters. The van der Waals surface area contributed by atoms with Gasteiger partial charge in [0.2, 0.25) is 0 Å². The molecule has 0 unspecified atom stereocenters. The lowest BCUT2D eigenvalue weighted by Gasteiger charge is -2.04. The van der Waals surface area contributed by atoms with E-state index >= 15 is 0 Å². The predicted octanol–water partition coefficient (Wildman–Crippen LogP) is 4.12. The van der Waals surface area contributed by atoms with Gasteiger partial charge in [-0.3, -0.25) is 0 Å². The second-order valence-electron chi connectivity index (χ2n) is 2.36. The van der Waals surface area contributed by atoms with E-state index in [1.807, 2.05) is 0 Å². The fourth-order valence-corrected chi connectivity index (χ4v) is 1.78. The van der Waals surface area contributed by atoms with E-state index in [4.69, 9.17) is 0 Å². The van der Waals surface area contributed by atoms with Crippen molar-refractivity contribution >= 4 is 31.9 Å². The first-order valence-electron chi connectivity index (χ1n) is 3.48. The molecule has 0 bridgehead atoms. The predicted molar refractivity (Wildman–Crippen MR) is 52.5 cm³/mol. The van der Waals surface area contributed by atoms with Crippen LogP contribution in [0.5, 0.6) is 0 Å². The second kappa shape index (κ2) is 4.35. The first-order valence-corrected chi connectivity index (χ1v) is 5.07. The van der Waals surface area contributed by atoms with Crippen LogP contribution >= 0.6 is 31.9 Å². The van der Waals surface area contributed by atoms with Crippen molar-refractivity contribution in [1.82, 2.24) is 0 Å². The third-order valence-corrected chi connectivity index (χ3v) is 3.80. The molecule has 0 amide bonds. The molecule has 0 saturated carbocycles. The highest BCUT2D eigenvalue weighted by atomic mass is 79.9. The summed E-state index contributed by atoms with van der Waals surface area (Å²) >= 11 is 7.07. The normalized spacial score (nSPS) is 20.6. The molecule has 0 fully saturated rings. The van der Waals surface area contributed by atoms with Crippen molar-refractivity contribution in [2.45, 2.75) is 25.7 Å². The Hall–Kier alpha value is 0.440. The first kappa shape index (κ1) is 8.54. The van der Waals surface area contributed by atoms with Gasteiger partial charge in [-0.1, -0.05) is 44.0 Å². The lowest BCUT2D eigenvalue weighted by Crippen LogP contribution is -1.82. The Morgan fingerprint density at radius 2 is 1.30 bits per heavy atom. The summed E-state index contributed by atoms with van der Waals surface area (Å²) in [5.41, 5.74) is 0. The highest BCUT2D eigenvalue weighted by Crippen LogP contribution is 2.28. The summed E-state index contributed by atoms with van der Waals surface area (Å²) in [5, 5.41) is 0. The van der Waals surface area contributed by atoms with E-state index in [1.165, 1.54) is 8.96 Å². The number of hydrogen-bond acceptors (Lipinski definition) is 0. The highest BCUT2D eigenvalue weighted by Gasteiger charge is 2.01. The van der Waals surface area contributed by atoms with Gasteiger partial charge in [0.1, 0.15) is 0 Å². The molecule has 1 aliphatic rings. The molecule has 0 aliphatic heterocycles. The summed E-state index contributed by atoms with van der Waals surface area (Å²) < 4.78 is 2.66. The smallest absolute Gasteiger partial charge is 0.00550 e. The molecule has 0 heterocycles. The van der Waals surface area contributed by atoms with Crippen LogP contribution in [0.3, 0.4) is 0 Å². The Morgan fingerprint density at radius 3 is 1.70 bits per heavy atom. The van der Waals surface area contributed by atoms with Gasteiger partial charge in [0.25, 0.3) is 0 Å². The van der Waals surface area contributed by atoms with Crippen molar-refractivity contribution in [3.05, 3.63) is 21.1 Å². The van der Waals surface area contributed by atoms with E-state index in [-0.39, 0.29) is 0 Å². The van der Waals surface area contributed by atoms with E-state index in [0.29, 0.717) is 0 Å². The van der Waals surface area contributed by atoms with Crippen LogP contribution in [0.4, 0.5) is 0 Å². The molecule has 2 heteroatoms. The number of allylic oxidation sites excluding steroid dienone is 4. The molecule has 0 nitrogen and oxygen atoms in total. The standard InChI is InChI=1S/C8H10Br2/c9-7-5-3-1-2-4-6-8(7)10/h1-2H,3-6H2. The Kier molecular flexibility index (Phi) is 3.71. The van der Waals surface area contributed by atoms with Gasteiger partial charge >= 0.3 is 0 Å². The lowest BCUT2D eigenvalue weighted by molar-refractivity contribution is 0.947. The molecule has 0 radical (unpaired) electrons. The third-order valence-electron chi connectivity index (χ3n) is 1.52. The van der Waals surface area contributed by atoms with Crippen LogP contribution in [-0.4, -0.2) is 0 Å². The minimum absolute atomic E-state index is 1.14. The van der Waals surface area contributed by atoms with E-state index in [2.05, 4.69) is 44.0 Å². The fourth-order valence-electron chi connectivity index (χ4n) is 0.927. The van der Waals surface area contributed by atoms with Crippen LogP contribution in [-0.2, 0) is 0 Å². The molecule has 0 aromatic heterocycles. The summed E-state index contributed by atoms with van der Waals surface area (Å²) in [7, 11) is 0. The molecule has 10 heavy (non-hydrogen) atoms. The maximum absolute atomic E-state index is 3.54. The molecule has 0 N–H and O–H groups in total. The Morgan fingerprint density at radius 1 is 0.900 bits per heavy atom. The Balaban J connectivity index is 2.57. The van der Waals surface area contributed by atoms with Crippen LogP contribution in [0.2, 0.25) is 0 Å². The van der Waals surface area contributed by atoms with E-state index in [0.717, 1.165) is 25.7 Å². The van der Waals surface area contributed by atoms with Gasteiger partial charge in [-0.2, -0.15) is 0 Å². The molecule has 0 aromatic carbocycles. The van der Waals surface area contributed by atoms with E-state index in [1.54, 1.807) is 0 Å². The Bertz CT molecular complexity index is 150. The van der Waals surface area contributed by atoms with Crippen LogP contribution in [0, 0.1) is 0 Å². The van der Waals surface area contributed by atoms with Gasteiger partial charge in [-0.25, -0.2) is 0 Å². The van der Waals surface area contributed by atoms with Crippen molar-refractivity contribution in [2.75, 3.05) is 0 Å². The zero-order chi connectivity index (χ0) is 7.40. The van der Waals surface area contributed by atoms with Crippen molar-refractivity contribution < 1.29 is 0 Å². The van der Waals surface area contributed by atoms with Crippen molar-refractivity contribution in [3.63, 3.8) is 0 Å². The first-order chi connectivity index (χ1) is 4.80. The number of halogens is 2. The molecule has 0 spiro atoms. The topological polar surface area (TPSA) is 0 Å². The summed E-state index contributed by atoms with van der Waals surface area (Å²) in [6, 6.07) is 0. The zero-order valence-corrected chi connectivity index (χ0v) is 8.91. The summed E-state index contributed by atoms with van der Waals surface area (Å²) in [6.07, 6.45) is 9.10. The molecule has 56 valence electrons. The van der Waals surface area contributed by atoms with Crippen molar-refractivity contribution in [2.24, 2.45) is 0 Å². The van der Waals surface area contributed by atoms with E-state index < -0.39 is 0 Å². The SMILES string of the molecule is BrC1=C(Br)CCC=CCC1. The number of rotatable bonds is 0. The van der Waals surface area contributed by atoms with Crippen LogP contribution < -0.4 is 0 Å². The molecule has 0 aromatic rings. The van der Waals surface area contributed by atoms with Crippen molar-refractivity contribution in [3.8, 4) is 0 Å². The van der Waals surface area contributed by atoms with Gasteiger partial charge in [0, 0.05) is 8.96 Å². The zero-order valence-electron chi connectivity index (χ0n) is 5.74. The molecule has 1 rings (SSSR count). The molecular formula is C8H10Br2. The maximum atomic E-state index is 3.54. The Labute approximate surface area is 78.6 Å². The highest BCUT2D eigenvalue weighted by molar-refractivity contribution is 9.14. The third kappa shape index (κ3) is 2.59. The summed E-state index contributed by atoms with van der Waals surface area (Å²) in [5.74, 6) is 0. The van der Waals surface area contributed by atoms with Gasteiger partial charge in [0.15, 0.2) is 0 Å². The van der Waals surface area contributed by atoms with Crippen LogP contribution in [0.25, 0.3) is 0 Å². The monoisotopic (exact) mass is 264 g/mol. The van der Waals surface area contributed by atoms with Crippen molar-refractivity contribution in [1.29, 1.82) is 0 Å². The lowest BCUT2D eigenvalue weighted by atomic mass is 10.1. The average molecular weight is 266 g/mol. The summed E-state index contributed by atoms with van der Waals surface area (Å²) in [4.78, 5) is 0. The largest absolute Gasteiger partial charge is 0.0882 e. The maximum Gasteiger partial charge on any atom is 0.00550 e. The van der Waals surface area contributed by atoms with Gasteiger partial charge in [0.05, 0.1) is 0 Å². The number of hydrogen-bond donors (Lipinski definition) is 0. The minimum atomic E-state index is 1.14. The average Bonchev–Trinajstić information content (AvgIpc) is 1.92. The van der Waals surface area contributed by atoms with Gasteiger partial charge in [-0.15, -0.1) is 0 Å². The van der Waals surface area contributed by atoms with Gasteiger partial charge in [-0.05, 0) is 25.7 Å². The van der Waals surface area contributed by atoms with Gasteiger partial charge < -0.3 is 0 Å². The minimum Gasteiger partial charge on any atom is -0.0882 e. The van der Waals surface area contributed by atoms with Crippen LogP contribution in [0.1, 0.15) is 25.7 Å². The fraction of sp³-hybridized carbons (Fsp3) is 0.500. The van der Waals surface area contributed by atoms with Crippen LogP contribution in [0.15, 0.2) is 21.1 Å². The summed E-state index contributed by atoms with van der Waals surface area (Å²) in [6.45, 7) is 0. The quantitative estimate of drug-likeness (QED) is 0.578. The molecule has 0 saturated heterocycles. The molecule has 1 aliphatic carbocycles. The molecular weight excluding hydrogens is 256 g/mol.